The van der Waals surface area contributed by atoms with Gasteiger partial charge in [-0.3, -0.25) is 0 Å². The molecule has 1 atom stereocenters. The van der Waals surface area contributed by atoms with E-state index < -0.39 is 0 Å². The number of nitrogens with one attached hydrogen (secondary N) is 2. The number of hydrogen-bond acceptors (Lipinski definition) is 3. The molecule has 1 spiro atoms. The van der Waals surface area contributed by atoms with Gasteiger partial charge in [0, 0.05) is 22.0 Å². The smallest absolute Gasteiger partial charge is 0.0568 e. The van der Waals surface area contributed by atoms with Crippen LogP contribution in [0.5, 0.6) is 0 Å². The van der Waals surface area contributed by atoms with Crippen molar-refractivity contribution in [2.45, 2.75) is 76.5 Å². The summed E-state index contributed by atoms with van der Waals surface area (Å²) in [5, 5.41) is 10.0. The molecule has 0 bridgehead atoms. The molecule has 0 aliphatic carbocycles. The first-order valence-corrected chi connectivity index (χ1v) is 8.23. The van der Waals surface area contributed by atoms with Gasteiger partial charge < -0.3 is 10.6 Å². The number of rotatable bonds is 0. The molecule has 2 aliphatic heterocycles. The van der Waals surface area contributed by atoms with Gasteiger partial charge in [0.2, 0.25) is 0 Å². The van der Waals surface area contributed by atoms with Crippen LogP contribution in [0.4, 0.5) is 0 Å². The minimum atomic E-state index is 0.166. The van der Waals surface area contributed by atoms with Crippen molar-refractivity contribution < 1.29 is 0 Å². The zero-order valence-corrected chi connectivity index (χ0v) is 13.6. The maximum absolute atomic E-state index is 3.96. The zero-order chi connectivity index (χ0) is 13.9. The lowest BCUT2D eigenvalue weighted by atomic mass is 9.67. The van der Waals surface area contributed by atoms with E-state index in [2.05, 4.69) is 56.7 Å². The van der Waals surface area contributed by atoms with Gasteiger partial charge in [-0.2, -0.15) is 0 Å². The summed E-state index contributed by atoms with van der Waals surface area (Å²) in [4.78, 5) is 1.59. The Morgan fingerprint density at radius 2 is 1.79 bits per heavy atom. The monoisotopic (exact) mass is 278 g/mol. The maximum atomic E-state index is 3.96. The van der Waals surface area contributed by atoms with Gasteiger partial charge >= 0.3 is 0 Å². The summed E-state index contributed by atoms with van der Waals surface area (Å²) in [5.41, 5.74) is 2.09. The summed E-state index contributed by atoms with van der Waals surface area (Å²) < 4.78 is 0. The molecule has 2 aliphatic rings. The normalized spacial score (nSPS) is 31.1. The van der Waals surface area contributed by atoms with Crippen LogP contribution in [0.3, 0.4) is 0 Å². The molecule has 0 amide bonds. The van der Waals surface area contributed by atoms with Crippen LogP contribution in [0.25, 0.3) is 0 Å². The van der Waals surface area contributed by atoms with E-state index in [1.807, 2.05) is 11.3 Å². The summed E-state index contributed by atoms with van der Waals surface area (Å²) in [7, 11) is 0. The fourth-order valence-corrected chi connectivity index (χ4v) is 5.77. The standard InChI is InChI=1S/C16H26N2S/c1-11-8-12-6-7-19-13(12)16(17-11)9-14(2,3)18-15(4,5)10-16/h6-7,11,17-18H,8-10H2,1-5H3. The highest BCUT2D eigenvalue weighted by molar-refractivity contribution is 7.10. The summed E-state index contributed by atoms with van der Waals surface area (Å²) in [6.45, 7) is 11.7. The Kier molecular flexibility index (Phi) is 2.91. The molecule has 19 heavy (non-hydrogen) atoms. The molecule has 1 aromatic heterocycles. The van der Waals surface area contributed by atoms with E-state index in [0.29, 0.717) is 6.04 Å². The predicted molar refractivity (Wildman–Crippen MR) is 82.8 cm³/mol. The molecule has 1 unspecified atom stereocenters. The Morgan fingerprint density at radius 1 is 1.16 bits per heavy atom. The van der Waals surface area contributed by atoms with Gasteiger partial charge in [0.1, 0.15) is 0 Å². The van der Waals surface area contributed by atoms with Crippen molar-refractivity contribution in [3.63, 3.8) is 0 Å². The largest absolute Gasteiger partial charge is 0.307 e. The lowest BCUT2D eigenvalue weighted by Crippen LogP contribution is -2.67. The Balaban J connectivity index is 2.08. The number of piperidine rings is 1. The van der Waals surface area contributed by atoms with Crippen LogP contribution in [0.2, 0.25) is 0 Å². The highest BCUT2D eigenvalue weighted by atomic mass is 32.1. The molecule has 0 aromatic carbocycles. The average molecular weight is 278 g/mol. The highest BCUT2D eigenvalue weighted by Crippen LogP contribution is 2.47. The summed E-state index contributed by atoms with van der Waals surface area (Å²) in [5.74, 6) is 0. The number of thiophene rings is 1. The van der Waals surface area contributed by atoms with Crippen molar-refractivity contribution in [2.24, 2.45) is 0 Å². The molecular weight excluding hydrogens is 252 g/mol. The van der Waals surface area contributed by atoms with Crippen LogP contribution in [0.1, 0.15) is 57.9 Å². The first-order chi connectivity index (χ1) is 8.72. The molecular formula is C16H26N2S. The molecule has 0 radical (unpaired) electrons. The quantitative estimate of drug-likeness (QED) is 0.760. The molecule has 3 heterocycles. The Hall–Kier alpha value is -0.380. The van der Waals surface area contributed by atoms with E-state index in [1.54, 1.807) is 10.4 Å². The topological polar surface area (TPSA) is 24.1 Å². The first-order valence-electron chi connectivity index (χ1n) is 7.35. The van der Waals surface area contributed by atoms with Crippen LogP contribution >= 0.6 is 11.3 Å². The van der Waals surface area contributed by atoms with E-state index in [1.165, 1.54) is 19.3 Å². The number of fused-ring (bicyclic) bond motifs is 2. The van der Waals surface area contributed by atoms with E-state index in [9.17, 15) is 0 Å². The third kappa shape index (κ3) is 2.37. The Bertz CT molecular complexity index is 471. The molecule has 2 nitrogen and oxygen atoms in total. The highest BCUT2D eigenvalue weighted by Gasteiger charge is 2.51. The van der Waals surface area contributed by atoms with Crippen molar-refractivity contribution in [1.82, 2.24) is 10.6 Å². The molecule has 0 saturated carbocycles. The second kappa shape index (κ2) is 4.06. The third-order valence-electron chi connectivity index (χ3n) is 4.39. The Morgan fingerprint density at radius 3 is 2.42 bits per heavy atom. The molecule has 2 N–H and O–H groups in total. The summed E-state index contributed by atoms with van der Waals surface area (Å²) >= 11 is 1.94. The minimum absolute atomic E-state index is 0.166. The Labute approximate surface area is 121 Å². The van der Waals surface area contributed by atoms with Crippen molar-refractivity contribution in [2.75, 3.05) is 0 Å². The minimum Gasteiger partial charge on any atom is -0.307 e. The van der Waals surface area contributed by atoms with Gasteiger partial charge in [0.15, 0.2) is 0 Å². The lowest BCUT2D eigenvalue weighted by molar-refractivity contribution is 0.0674. The average Bonchev–Trinajstić information content (AvgIpc) is 2.59. The second-order valence-electron chi connectivity index (χ2n) is 7.85. The van der Waals surface area contributed by atoms with Crippen LogP contribution in [0.15, 0.2) is 11.4 Å². The van der Waals surface area contributed by atoms with Gasteiger partial charge in [-0.25, -0.2) is 0 Å². The molecule has 1 aromatic rings. The van der Waals surface area contributed by atoms with Crippen LogP contribution in [-0.4, -0.2) is 17.1 Å². The van der Waals surface area contributed by atoms with Crippen LogP contribution in [0, 0.1) is 0 Å². The summed E-state index contributed by atoms with van der Waals surface area (Å²) in [6.07, 6.45) is 3.51. The van der Waals surface area contributed by atoms with Gasteiger partial charge in [-0.1, -0.05) is 0 Å². The zero-order valence-electron chi connectivity index (χ0n) is 12.8. The van der Waals surface area contributed by atoms with Crippen molar-refractivity contribution in [3.8, 4) is 0 Å². The van der Waals surface area contributed by atoms with Crippen LogP contribution < -0.4 is 10.6 Å². The van der Waals surface area contributed by atoms with Crippen LogP contribution in [-0.2, 0) is 12.0 Å². The van der Waals surface area contributed by atoms with Gasteiger partial charge in [-0.05, 0) is 70.9 Å². The van der Waals surface area contributed by atoms with Gasteiger partial charge in [-0.15, -0.1) is 11.3 Å². The molecule has 1 saturated heterocycles. The van der Waals surface area contributed by atoms with E-state index >= 15 is 0 Å². The molecule has 106 valence electrons. The fraction of sp³-hybridized carbons (Fsp3) is 0.750. The number of hydrogen-bond donors (Lipinski definition) is 2. The fourth-order valence-electron chi connectivity index (χ4n) is 4.67. The maximum Gasteiger partial charge on any atom is 0.0568 e. The second-order valence-corrected chi connectivity index (χ2v) is 8.77. The SMILES string of the molecule is CC1Cc2ccsc2C2(CC(C)(C)NC(C)(C)C2)N1. The molecule has 3 heteroatoms. The van der Waals surface area contributed by atoms with E-state index in [0.717, 1.165) is 0 Å². The van der Waals surface area contributed by atoms with E-state index in [-0.39, 0.29) is 16.6 Å². The molecule has 3 rings (SSSR count). The van der Waals surface area contributed by atoms with Crippen molar-refractivity contribution in [1.29, 1.82) is 0 Å². The van der Waals surface area contributed by atoms with Gasteiger partial charge in [0.05, 0.1) is 5.54 Å². The summed E-state index contributed by atoms with van der Waals surface area (Å²) in [6, 6.07) is 2.91. The third-order valence-corrected chi connectivity index (χ3v) is 5.56. The van der Waals surface area contributed by atoms with Crippen molar-refractivity contribution in [3.05, 3.63) is 21.9 Å². The molecule has 1 fully saturated rings. The predicted octanol–water partition coefficient (Wildman–Crippen LogP) is 3.42. The lowest BCUT2D eigenvalue weighted by Gasteiger charge is -2.55. The van der Waals surface area contributed by atoms with Gasteiger partial charge in [0.25, 0.3) is 0 Å². The van der Waals surface area contributed by atoms with Crippen molar-refractivity contribution >= 4 is 11.3 Å². The first kappa shape index (κ1) is 13.6. The van der Waals surface area contributed by atoms with E-state index in [4.69, 9.17) is 0 Å².